The summed E-state index contributed by atoms with van der Waals surface area (Å²) in [5.41, 5.74) is 4.79. The number of H-pyrrole nitrogens is 1. The van der Waals surface area contributed by atoms with Crippen LogP contribution in [-0.2, 0) is 17.8 Å². The summed E-state index contributed by atoms with van der Waals surface area (Å²) < 4.78 is 5.31. The van der Waals surface area contributed by atoms with Crippen molar-refractivity contribution in [3.63, 3.8) is 0 Å². The van der Waals surface area contributed by atoms with Gasteiger partial charge in [-0.15, -0.1) is 0 Å². The van der Waals surface area contributed by atoms with Gasteiger partial charge in [-0.2, -0.15) is 0 Å². The van der Waals surface area contributed by atoms with Crippen LogP contribution in [0.4, 0.5) is 0 Å². The molecule has 0 amide bonds. The Balaban J connectivity index is 2.19. The molecule has 19 heavy (non-hydrogen) atoms. The third-order valence-electron chi connectivity index (χ3n) is 3.69. The van der Waals surface area contributed by atoms with E-state index in [-0.39, 0.29) is 5.56 Å². The van der Waals surface area contributed by atoms with Crippen molar-refractivity contribution in [3.8, 4) is 11.4 Å². The van der Waals surface area contributed by atoms with Gasteiger partial charge in [0.25, 0.3) is 5.56 Å². The highest BCUT2D eigenvalue weighted by atomic mass is 16.5. The molecule has 0 fully saturated rings. The third kappa shape index (κ3) is 2.08. The summed E-state index contributed by atoms with van der Waals surface area (Å²) >= 11 is 0. The molecule has 1 aliphatic rings. The molecule has 1 aromatic carbocycles. The van der Waals surface area contributed by atoms with Crippen LogP contribution in [0, 0.1) is 13.8 Å². The van der Waals surface area contributed by atoms with Crippen molar-refractivity contribution in [1.82, 2.24) is 9.97 Å². The maximum absolute atomic E-state index is 12.1. The normalized spacial score (nSPS) is 14.2. The molecule has 0 saturated carbocycles. The largest absolute Gasteiger partial charge is 0.376 e. The second kappa shape index (κ2) is 4.63. The van der Waals surface area contributed by atoms with Gasteiger partial charge in [0.1, 0.15) is 5.82 Å². The molecule has 0 unspecified atom stereocenters. The molecular weight excluding hydrogens is 240 g/mol. The van der Waals surface area contributed by atoms with E-state index in [2.05, 4.69) is 23.0 Å². The van der Waals surface area contributed by atoms with E-state index in [9.17, 15) is 4.79 Å². The van der Waals surface area contributed by atoms with Gasteiger partial charge in [-0.3, -0.25) is 4.79 Å². The molecule has 0 spiro atoms. The summed E-state index contributed by atoms with van der Waals surface area (Å²) in [5.74, 6) is 0.659. The van der Waals surface area contributed by atoms with Crippen molar-refractivity contribution in [2.75, 3.05) is 6.61 Å². The van der Waals surface area contributed by atoms with Crippen LogP contribution in [0.3, 0.4) is 0 Å². The number of nitrogens with zero attached hydrogens (tertiary/aromatic N) is 1. The lowest BCUT2D eigenvalue weighted by Gasteiger charge is -2.16. The summed E-state index contributed by atoms with van der Waals surface area (Å²) in [7, 11) is 0. The second-order valence-electron chi connectivity index (χ2n) is 4.89. The molecule has 3 rings (SSSR count). The van der Waals surface area contributed by atoms with E-state index in [0.29, 0.717) is 31.0 Å². The second-order valence-corrected chi connectivity index (χ2v) is 4.89. The van der Waals surface area contributed by atoms with Crippen molar-refractivity contribution < 1.29 is 4.74 Å². The molecule has 0 atom stereocenters. The summed E-state index contributed by atoms with van der Waals surface area (Å²) in [6.07, 6.45) is 0.705. The Morgan fingerprint density at radius 1 is 1.32 bits per heavy atom. The molecule has 0 bridgehead atoms. The quantitative estimate of drug-likeness (QED) is 0.850. The maximum atomic E-state index is 12.1. The van der Waals surface area contributed by atoms with E-state index in [1.165, 1.54) is 5.56 Å². The first-order valence-corrected chi connectivity index (χ1v) is 6.43. The van der Waals surface area contributed by atoms with E-state index in [4.69, 9.17) is 4.74 Å². The van der Waals surface area contributed by atoms with Crippen LogP contribution < -0.4 is 5.56 Å². The Hall–Kier alpha value is -1.94. The highest BCUT2D eigenvalue weighted by Crippen LogP contribution is 2.23. The van der Waals surface area contributed by atoms with Crippen LogP contribution in [0.2, 0.25) is 0 Å². The Labute approximate surface area is 111 Å². The summed E-state index contributed by atoms with van der Waals surface area (Å²) in [6, 6.07) is 6.04. The summed E-state index contributed by atoms with van der Waals surface area (Å²) in [5, 5.41) is 0. The minimum Gasteiger partial charge on any atom is -0.376 e. The van der Waals surface area contributed by atoms with Crippen LogP contribution in [0.1, 0.15) is 22.4 Å². The third-order valence-corrected chi connectivity index (χ3v) is 3.69. The zero-order chi connectivity index (χ0) is 13.4. The van der Waals surface area contributed by atoms with Gasteiger partial charge < -0.3 is 9.72 Å². The van der Waals surface area contributed by atoms with Gasteiger partial charge >= 0.3 is 0 Å². The summed E-state index contributed by atoms with van der Waals surface area (Å²) in [4.78, 5) is 19.6. The molecule has 4 nitrogen and oxygen atoms in total. The highest BCUT2D eigenvalue weighted by molar-refractivity contribution is 5.61. The van der Waals surface area contributed by atoms with Crippen molar-refractivity contribution in [2.45, 2.75) is 26.9 Å². The van der Waals surface area contributed by atoms with Crippen LogP contribution in [0.25, 0.3) is 11.4 Å². The predicted octanol–water partition coefficient (Wildman–Crippen LogP) is 2.13. The molecule has 98 valence electrons. The van der Waals surface area contributed by atoms with Crippen LogP contribution in [-0.4, -0.2) is 16.6 Å². The van der Waals surface area contributed by atoms with Crippen LogP contribution in [0.5, 0.6) is 0 Å². The van der Waals surface area contributed by atoms with Gasteiger partial charge in [-0.1, -0.05) is 18.2 Å². The first kappa shape index (κ1) is 12.1. The zero-order valence-corrected chi connectivity index (χ0v) is 11.1. The molecular formula is C15H16N2O2. The summed E-state index contributed by atoms with van der Waals surface area (Å²) in [6.45, 7) is 5.11. The van der Waals surface area contributed by atoms with Gasteiger partial charge in [0, 0.05) is 12.0 Å². The first-order valence-electron chi connectivity index (χ1n) is 6.43. The number of rotatable bonds is 1. The fourth-order valence-electron chi connectivity index (χ4n) is 2.38. The Morgan fingerprint density at radius 2 is 2.16 bits per heavy atom. The van der Waals surface area contributed by atoms with Crippen molar-refractivity contribution >= 4 is 0 Å². The van der Waals surface area contributed by atoms with Gasteiger partial charge in [-0.25, -0.2) is 4.98 Å². The van der Waals surface area contributed by atoms with Gasteiger partial charge in [-0.05, 0) is 25.0 Å². The van der Waals surface area contributed by atoms with Crippen LogP contribution in [0.15, 0.2) is 23.0 Å². The number of fused-ring (bicyclic) bond motifs is 1. The average Bonchev–Trinajstić information content (AvgIpc) is 2.42. The molecule has 2 heterocycles. The number of hydrogen-bond donors (Lipinski definition) is 1. The molecule has 4 heteroatoms. The number of benzene rings is 1. The fourth-order valence-corrected chi connectivity index (χ4v) is 2.38. The molecule has 0 radical (unpaired) electrons. The number of aryl methyl sites for hydroxylation is 1. The van der Waals surface area contributed by atoms with Crippen molar-refractivity contribution in [2.24, 2.45) is 0 Å². The SMILES string of the molecule is Cc1cccc(-c2nc3c(c(=O)[nH]2)COCC3)c1C. The monoisotopic (exact) mass is 256 g/mol. The molecule has 1 aliphatic heterocycles. The molecule has 2 aromatic rings. The average molecular weight is 256 g/mol. The molecule has 0 saturated heterocycles. The van der Waals surface area contributed by atoms with Crippen molar-refractivity contribution in [1.29, 1.82) is 0 Å². The maximum Gasteiger partial charge on any atom is 0.256 e. The van der Waals surface area contributed by atoms with Gasteiger partial charge in [0.2, 0.25) is 0 Å². The fraction of sp³-hybridized carbons (Fsp3) is 0.333. The minimum absolute atomic E-state index is 0.0828. The zero-order valence-electron chi connectivity index (χ0n) is 11.1. The lowest BCUT2D eigenvalue weighted by molar-refractivity contribution is 0.108. The topological polar surface area (TPSA) is 55.0 Å². The standard InChI is InChI=1S/C15H16N2O2/c1-9-4-3-5-11(10(9)2)14-16-13-6-7-19-8-12(13)15(18)17-14/h3-5H,6-8H2,1-2H3,(H,16,17,18). The number of nitrogens with one attached hydrogen (secondary N) is 1. The highest BCUT2D eigenvalue weighted by Gasteiger charge is 2.17. The Morgan fingerprint density at radius 3 is 3.00 bits per heavy atom. The number of aromatic amines is 1. The van der Waals surface area contributed by atoms with E-state index in [1.54, 1.807) is 0 Å². The van der Waals surface area contributed by atoms with E-state index in [0.717, 1.165) is 16.8 Å². The van der Waals surface area contributed by atoms with E-state index in [1.807, 2.05) is 19.1 Å². The molecule has 1 aromatic heterocycles. The van der Waals surface area contributed by atoms with Gasteiger partial charge in [0.05, 0.1) is 24.5 Å². The van der Waals surface area contributed by atoms with Crippen LogP contribution >= 0.6 is 0 Å². The number of aromatic nitrogens is 2. The van der Waals surface area contributed by atoms with Crippen molar-refractivity contribution in [3.05, 3.63) is 50.9 Å². The molecule has 0 aliphatic carbocycles. The minimum atomic E-state index is -0.0828. The first-order chi connectivity index (χ1) is 9.16. The van der Waals surface area contributed by atoms with E-state index >= 15 is 0 Å². The van der Waals surface area contributed by atoms with E-state index < -0.39 is 0 Å². The number of ether oxygens (including phenoxy) is 1. The Kier molecular flexibility index (Phi) is 2.95. The lowest BCUT2D eigenvalue weighted by Crippen LogP contribution is -2.24. The predicted molar refractivity (Wildman–Crippen MR) is 73.1 cm³/mol. The van der Waals surface area contributed by atoms with Gasteiger partial charge in [0.15, 0.2) is 0 Å². The molecule has 1 N–H and O–H groups in total. The Bertz CT molecular complexity index is 689. The smallest absolute Gasteiger partial charge is 0.256 e. The lowest BCUT2D eigenvalue weighted by atomic mass is 10.0. The number of hydrogen-bond acceptors (Lipinski definition) is 3.